The van der Waals surface area contributed by atoms with E-state index in [2.05, 4.69) is 86.3 Å². The van der Waals surface area contributed by atoms with E-state index in [-0.39, 0.29) is 0 Å². The summed E-state index contributed by atoms with van der Waals surface area (Å²) in [7, 11) is 0. The lowest BCUT2D eigenvalue weighted by molar-refractivity contribution is 0.960. The van der Waals surface area contributed by atoms with Gasteiger partial charge in [0.2, 0.25) is 0 Å². The van der Waals surface area contributed by atoms with Gasteiger partial charge in [0, 0.05) is 50.4 Å². The van der Waals surface area contributed by atoms with Crippen LogP contribution in [0.3, 0.4) is 0 Å². The molecule has 3 N–H and O–H groups in total. The van der Waals surface area contributed by atoms with Crippen LogP contribution in [-0.2, 0) is 0 Å². The Morgan fingerprint density at radius 1 is 0.767 bits per heavy atom. The van der Waals surface area contributed by atoms with Crippen LogP contribution in [0.25, 0.3) is 33.1 Å². The molecule has 6 rings (SSSR count). The topological polar surface area (TPSA) is 64.6 Å². The van der Waals surface area contributed by atoms with Crippen LogP contribution < -0.4 is 10.6 Å². The molecule has 148 valence electrons. The number of benzene rings is 2. The normalized spacial score (nSPS) is 16.3. The Labute approximate surface area is 178 Å². The van der Waals surface area contributed by atoms with Crippen LogP contribution in [0.2, 0.25) is 0 Å². The number of thiophene rings is 1. The molecule has 0 unspecified atom stereocenters. The Bertz CT molecular complexity index is 1250. The average molecular weight is 412 g/mol. The zero-order chi connectivity index (χ0) is 19.9. The smallest absolute Gasteiger partial charge is 0.128 e. The van der Waals surface area contributed by atoms with E-state index in [4.69, 9.17) is 0 Å². The van der Waals surface area contributed by atoms with E-state index in [1.165, 1.54) is 25.9 Å². The highest BCUT2D eigenvalue weighted by Gasteiger charge is 2.11. The van der Waals surface area contributed by atoms with Gasteiger partial charge in [-0.1, -0.05) is 24.3 Å². The molecular formula is C24H21N5S. The second kappa shape index (κ2) is 7.15. The zero-order valence-electron chi connectivity index (χ0n) is 16.4. The number of amidine groups is 2. The van der Waals surface area contributed by atoms with Gasteiger partial charge in [0.05, 0.1) is 13.1 Å². The first-order valence-electron chi connectivity index (χ1n) is 10.2. The minimum absolute atomic E-state index is 0.855. The molecular weight excluding hydrogens is 390 g/mol. The Kier molecular flexibility index (Phi) is 4.16. The van der Waals surface area contributed by atoms with E-state index >= 15 is 0 Å². The molecule has 0 saturated heterocycles. The van der Waals surface area contributed by atoms with Crippen molar-refractivity contribution in [3.05, 3.63) is 70.2 Å². The van der Waals surface area contributed by atoms with E-state index in [1.54, 1.807) is 0 Å². The van der Waals surface area contributed by atoms with Crippen molar-refractivity contribution in [3.63, 3.8) is 0 Å². The number of hydrogen-bond donors (Lipinski definition) is 3. The van der Waals surface area contributed by atoms with Gasteiger partial charge in [-0.25, -0.2) is 0 Å². The van der Waals surface area contributed by atoms with Gasteiger partial charge in [0.1, 0.15) is 11.7 Å². The van der Waals surface area contributed by atoms with Gasteiger partial charge in [0.15, 0.2) is 0 Å². The first-order chi connectivity index (χ1) is 14.8. The lowest BCUT2D eigenvalue weighted by atomic mass is 10.1. The van der Waals surface area contributed by atoms with Crippen molar-refractivity contribution in [1.82, 2.24) is 15.6 Å². The van der Waals surface area contributed by atoms with Crippen LogP contribution in [0.5, 0.6) is 0 Å². The van der Waals surface area contributed by atoms with E-state index < -0.39 is 0 Å². The number of nitrogens with zero attached hydrogens (tertiary/aromatic N) is 2. The molecule has 4 heterocycles. The molecule has 4 aromatic rings. The second-order valence-electron chi connectivity index (χ2n) is 7.58. The highest BCUT2D eigenvalue weighted by Crippen LogP contribution is 2.29. The van der Waals surface area contributed by atoms with E-state index in [1.807, 2.05) is 11.3 Å². The van der Waals surface area contributed by atoms with E-state index in [0.29, 0.717) is 0 Å². The van der Waals surface area contributed by atoms with Crippen LogP contribution in [0.4, 0.5) is 0 Å². The lowest BCUT2D eigenvalue weighted by Gasteiger charge is -2.01. The summed E-state index contributed by atoms with van der Waals surface area (Å²) in [4.78, 5) is 13.8. The molecule has 2 aliphatic rings. The highest BCUT2D eigenvalue weighted by atomic mass is 32.1. The number of aromatic nitrogens is 1. The number of aliphatic imine (C=N–C) groups is 2. The van der Waals surface area contributed by atoms with Gasteiger partial charge in [-0.15, -0.1) is 11.3 Å². The molecule has 5 nitrogen and oxygen atoms in total. The fraction of sp³-hybridized carbons (Fsp3) is 0.167. The van der Waals surface area contributed by atoms with Gasteiger partial charge in [-0.3, -0.25) is 9.98 Å². The maximum atomic E-state index is 4.53. The second-order valence-corrected chi connectivity index (χ2v) is 8.69. The molecule has 0 saturated carbocycles. The fourth-order valence-corrected chi connectivity index (χ4v) is 5.03. The summed E-state index contributed by atoms with van der Waals surface area (Å²) in [5, 5.41) is 9.17. The standard InChI is InChI=1S/C24H21N5S/c1-3-17(23-25-7-8-26-23)13-21-15(1)11-19(29-21)5-6-20-12-16-2-4-18(14-22(16)30-20)24-27-9-10-28-24/h1-6,11-14,29H,7-10H2,(H,25,26)(H,27,28). The summed E-state index contributed by atoms with van der Waals surface area (Å²) >= 11 is 1.81. The molecule has 0 atom stereocenters. The molecule has 6 heteroatoms. The largest absolute Gasteiger partial charge is 0.368 e. The van der Waals surface area contributed by atoms with Crippen LogP contribution in [0.15, 0.2) is 58.5 Å². The van der Waals surface area contributed by atoms with Crippen LogP contribution >= 0.6 is 11.3 Å². The summed E-state index contributed by atoms with van der Waals surface area (Å²) in [6.07, 6.45) is 4.34. The van der Waals surface area contributed by atoms with Gasteiger partial charge >= 0.3 is 0 Å². The molecule has 30 heavy (non-hydrogen) atoms. The van der Waals surface area contributed by atoms with Crippen molar-refractivity contribution in [2.45, 2.75) is 0 Å². The molecule has 2 aromatic carbocycles. The Morgan fingerprint density at radius 2 is 1.50 bits per heavy atom. The summed E-state index contributed by atoms with van der Waals surface area (Å²) in [6, 6.07) is 17.5. The molecule has 0 fully saturated rings. The molecule has 0 amide bonds. The Balaban J connectivity index is 1.27. The number of hydrogen-bond acceptors (Lipinski definition) is 5. The van der Waals surface area contributed by atoms with Gasteiger partial charge in [0.25, 0.3) is 0 Å². The summed E-state index contributed by atoms with van der Waals surface area (Å²) in [5.41, 5.74) is 4.55. The SMILES string of the molecule is C(=Cc1cc2ccc(C3=NCCN3)cc2s1)c1cc2ccc(C3=NCCN3)cc2[nH]1. The number of fused-ring (bicyclic) bond motifs is 2. The Morgan fingerprint density at radius 3 is 2.23 bits per heavy atom. The first-order valence-corrected chi connectivity index (χ1v) is 11.1. The maximum absolute atomic E-state index is 4.53. The lowest BCUT2D eigenvalue weighted by Crippen LogP contribution is -2.19. The van der Waals surface area contributed by atoms with Crippen LogP contribution in [0, 0.1) is 0 Å². The minimum Gasteiger partial charge on any atom is -0.368 e. The zero-order valence-corrected chi connectivity index (χ0v) is 17.2. The van der Waals surface area contributed by atoms with Crippen molar-refractivity contribution in [3.8, 4) is 0 Å². The van der Waals surface area contributed by atoms with Crippen molar-refractivity contribution in [2.75, 3.05) is 26.2 Å². The summed E-state index contributed by atoms with van der Waals surface area (Å²) < 4.78 is 1.29. The summed E-state index contributed by atoms with van der Waals surface area (Å²) in [6.45, 7) is 3.57. The third-order valence-corrected chi connectivity index (χ3v) is 6.57. The molecule has 2 aliphatic heterocycles. The predicted octanol–water partition coefficient (Wildman–Crippen LogP) is 4.25. The van der Waals surface area contributed by atoms with Gasteiger partial charge in [-0.2, -0.15) is 0 Å². The van der Waals surface area contributed by atoms with Crippen LogP contribution in [-0.4, -0.2) is 42.8 Å². The quantitative estimate of drug-likeness (QED) is 0.470. The third-order valence-electron chi connectivity index (χ3n) is 5.50. The predicted molar refractivity (Wildman–Crippen MR) is 128 cm³/mol. The van der Waals surface area contributed by atoms with E-state index in [9.17, 15) is 0 Å². The Hall–Kier alpha value is -3.38. The molecule has 2 aromatic heterocycles. The van der Waals surface area contributed by atoms with Gasteiger partial charge in [-0.05, 0) is 41.8 Å². The summed E-state index contributed by atoms with van der Waals surface area (Å²) in [5.74, 6) is 2.01. The molecule has 0 spiro atoms. The molecule has 0 aliphatic carbocycles. The van der Waals surface area contributed by atoms with Crippen molar-refractivity contribution in [2.24, 2.45) is 9.98 Å². The average Bonchev–Trinajstić information content (AvgIpc) is 3.56. The first kappa shape index (κ1) is 17.5. The molecule has 0 bridgehead atoms. The minimum atomic E-state index is 0.855. The number of nitrogens with one attached hydrogen (secondary N) is 3. The highest BCUT2D eigenvalue weighted by molar-refractivity contribution is 7.19. The fourth-order valence-electron chi connectivity index (χ4n) is 4.02. The maximum Gasteiger partial charge on any atom is 0.128 e. The number of H-pyrrole nitrogens is 1. The monoisotopic (exact) mass is 411 g/mol. The third kappa shape index (κ3) is 3.19. The van der Waals surface area contributed by atoms with Crippen molar-refractivity contribution in [1.29, 1.82) is 0 Å². The van der Waals surface area contributed by atoms with Crippen molar-refractivity contribution >= 4 is 56.1 Å². The molecule has 0 radical (unpaired) electrons. The van der Waals surface area contributed by atoms with Gasteiger partial charge < -0.3 is 15.6 Å². The van der Waals surface area contributed by atoms with Crippen molar-refractivity contribution < 1.29 is 0 Å². The number of aromatic amines is 1. The number of rotatable bonds is 4. The van der Waals surface area contributed by atoms with E-state index in [0.717, 1.165) is 54.6 Å². The van der Waals surface area contributed by atoms with Crippen LogP contribution in [0.1, 0.15) is 21.7 Å².